The van der Waals surface area contributed by atoms with Gasteiger partial charge in [0, 0.05) is 6.42 Å². The van der Waals surface area contributed by atoms with Crippen molar-refractivity contribution in [3.05, 3.63) is 60.8 Å². The minimum absolute atomic E-state index is 0.189. The Bertz CT molecular complexity index is 1890. The summed E-state index contributed by atoms with van der Waals surface area (Å²) in [4.78, 5) is 13.4. The molecule has 12 N–H and O–H groups in total. The van der Waals surface area contributed by atoms with Gasteiger partial charge < -0.3 is 89.9 Å². The minimum atomic E-state index is -1.98. The SMILES string of the molecule is CC/C=C\C/C=C\C/C=C\C/C=C\CCCCC(=O)NC(COC1OC(CO)C(OC2OC(CO)C(OC3OC(CO)C(O)C(O)C3O)C(O)C2O)C(O)C1O)C(O)/C=C/CCCCCCCCCCCCCCCCCCCCCCCCCCCCCCC. The number of carbonyl (C=O) groups excluding carboxylic acids is 1. The first-order valence-electron chi connectivity index (χ1n) is 36.0. The molecule has 17 unspecified atom stereocenters. The smallest absolute Gasteiger partial charge is 0.220 e. The second-order valence-electron chi connectivity index (χ2n) is 25.7. The Morgan fingerprint density at radius 2 is 0.758 bits per heavy atom. The van der Waals surface area contributed by atoms with Crippen molar-refractivity contribution in [2.75, 3.05) is 26.4 Å². The molecule has 0 spiro atoms. The van der Waals surface area contributed by atoms with E-state index in [1.54, 1.807) is 6.08 Å². The third-order valence-electron chi connectivity index (χ3n) is 17.8. The topological polar surface area (TPSA) is 307 Å². The van der Waals surface area contributed by atoms with Crippen molar-refractivity contribution in [1.82, 2.24) is 5.32 Å². The number of unbranched alkanes of at least 4 members (excludes halogenated alkanes) is 31. The molecule has 3 fully saturated rings. The first kappa shape index (κ1) is 82.7. The van der Waals surface area contributed by atoms with Gasteiger partial charge in [-0.2, -0.15) is 0 Å². The van der Waals surface area contributed by atoms with Gasteiger partial charge >= 0.3 is 0 Å². The van der Waals surface area contributed by atoms with Crippen LogP contribution in [0, 0.1) is 0 Å². The Balaban J connectivity index is 1.39. The molecule has 0 aromatic heterocycles. The molecule has 0 aromatic carbocycles. The Morgan fingerprint density at radius 3 is 1.19 bits per heavy atom. The lowest BCUT2D eigenvalue weighted by molar-refractivity contribution is -0.379. The maximum atomic E-state index is 13.4. The van der Waals surface area contributed by atoms with Crippen molar-refractivity contribution in [1.29, 1.82) is 0 Å². The van der Waals surface area contributed by atoms with E-state index in [1.807, 2.05) is 6.08 Å². The second-order valence-corrected chi connectivity index (χ2v) is 25.7. The van der Waals surface area contributed by atoms with E-state index in [0.717, 1.165) is 64.2 Å². The Kier molecular flexibility index (Phi) is 48.7. The number of hydrogen-bond acceptors (Lipinski definition) is 18. The lowest BCUT2D eigenvalue weighted by atomic mass is 9.96. The summed E-state index contributed by atoms with van der Waals surface area (Å²) in [6.45, 7) is 1.60. The van der Waals surface area contributed by atoms with Crippen molar-refractivity contribution in [2.45, 2.75) is 362 Å². The van der Waals surface area contributed by atoms with E-state index >= 15 is 0 Å². The van der Waals surface area contributed by atoms with Crippen LogP contribution in [0.2, 0.25) is 0 Å². The monoisotopic (exact) mass is 1300 g/mol. The van der Waals surface area contributed by atoms with Gasteiger partial charge in [0.25, 0.3) is 0 Å². The summed E-state index contributed by atoms with van der Waals surface area (Å²) in [7, 11) is 0. The average Bonchev–Trinajstić information content (AvgIpc) is 0.883. The number of aliphatic hydroxyl groups excluding tert-OH is 11. The zero-order valence-electron chi connectivity index (χ0n) is 56.1. The van der Waals surface area contributed by atoms with Crippen LogP contribution in [0.4, 0.5) is 0 Å². The van der Waals surface area contributed by atoms with Crippen LogP contribution in [0.15, 0.2) is 60.8 Å². The Labute approximate surface area is 547 Å². The molecule has 0 aliphatic carbocycles. The molecule has 91 heavy (non-hydrogen) atoms. The zero-order valence-corrected chi connectivity index (χ0v) is 56.1. The predicted octanol–water partition coefficient (Wildman–Crippen LogP) is 9.94. The molecule has 0 radical (unpaired) electrons. The van der Waals surface area contributed by atoms with Gasteiger partial charge in [-0.15, -0.1) is 0 Å². The van der Waals surface area contributed by atoms with Gasteiger partial charge in [-0.1, -0.05) is 254 Å². The van der Waals surface area contributed by atoms with Gasteiger partial charge in [0.15, 0.2) is 18.9 Å². The molecule has 3 saturated heterocycles. The van der Waals surface area contributed by atoms with Gasteiger partial charge in [-0.3, -0.25) is 4.79 Å². The lowest BCUT2D eigenvalue weighted by Gasteiger charge is -2.48. The summed E-state index contributed by atoms with van der Waals surface area (Å²) in [5.41, 5.74) is 0. The quantitative estimate of drug-likeness (QED) is 0.0199. The third-order valence-corrected chi connectivity index (χ3v) is 17.8. The molecule has 0 bridgehead atoms. The lowest BCUT2D eigenvalue weighted by Crippen LogP contribution is -2.66. The second kappa shape index (κ2) is 53.6. The van der Waals surface area contributed by atoms with E-state index in [4.69, 9.17) is 28.4 Å². The van der Waals surface area contributed by atoms with Crippen molar-refractivity contribution in [3.63, 3.8) is 0 Å². The number of rotatable bonds is 55. The highest BCUT2D eigenvalue weighted by Gasteiger charge is 2.53. The van der Waals surface area contributed by atoms with Crippen LogP contribution in [0.3, 0.4) is 0 Å². The normalized spacial score (nSPS) is 28.2. The molecular weight excluding hydrogens is 1170 g/mol. The van der Waals surface area contributed by atoms with Crippen LogP contribution >= 0.6 is 0 Å². The fourth-order valence-corrected chi connectivity index (χ4v) is 12.0. The average molecular weight is 1300 g/mol. The highest BCUT2D eigenvalue weighted by molar-refractivity contribution is 5.76. The van der Waals surface area contributed by atoms with Crippen LogP contribution in [-0.2, 0) is 33.2 Å². The van der Waals surface area contributed by atoms with Crippen LogP contribution < -0.4 is 5.32 Å². The Morgan fingerprint density at radius 1 is 0.407 bits per heavy atom. The number of carbonyl (C=O) groups is 1. The molecule has 530 valence electrons. The standard InChI is InChI=1S/C72H129NO18/c1-3-5-7-9-11-13-15-17-19-20-21-22-23-24-25-26-27-28-29-30-31-32-33-34-36-37-39-41-43-45-47-49-56(77)55(73-60(78)50-48-46-44-42-40-38-35-18-16-14-12-10-8-6-4-2)54-86-70-66(84)63(81)68(58(52-75)88-70)91-72-67(85)64(82)69(59(53-76)89-72)90-71-65(83)62(80)61(79)57(51-74)87-71/h6,8,12,14,18,35,40,42,47,49,55-59,61-72,74-77,79-85H,3-5,7,9-11,13,15-17,19-34,36-39,41,43-46,48,50-54H2,1-2H3,(H,73,78)/b8-6-,14-12-,35-18-,42-40-,49-47+. The van der Waals surface area contributed by atoms with E-state index in [0.29, 0.717) is 6.42 Å². The van der Waals surface area contributed by atoms with Crippen LogP contribution in [0.25, 0.3) is 0 Å². The van der Waals surface area contributed by atoms with Crippen molar-refractivity contribution >= 4 is 5.91 Å². The number of hydrogen-bond donors (Lipinski definition) is 12. The maximum absolute atomic E-state index is 13.4. The molecular formula is C72H129NO18. The Hall–Kier alpha value is -2.51. The number of amides is 1. The van der Waals surface area contributed by atoms with E-state index < -0.39 is 124 Å². The van der Waals surface area contributed by atoms with Crippen molar-refractivity contribution in [2.24, 2.45) is 0 Å². The number of nitrogens with one attached hydrogen (secondary N) is 1. The van der Waals surface area contributed by atoms with E-state index in [-0.39, 0.29) is 18.9 Å². The highest BCUT2D eigenvalue weighted by Crippen LogP contribution is 2.33. The number of aliphatic hydroxyl groups is 11. The molecule has 3 rings (SSSR count). The maximum Gasteiger partial charge on any atom is 0.220 e. The largest absolute Gasteiger partial charge is 0.394 e. The summed E-state index contributed by atoms with van der Waals surface area (Å²) in [5, 5.41) is 120. The number of ether oxygens (including phenoxy) is 6. The van der Waals surface area contributed by atoms with Crippen LogP contribution in [-0.4, -0.2) is 193 Å². The third kappa shape index (κ3) is 35.4. The first-order chi connectivity index (χ1) is 44.3. The van der Waals surface area contributed by atoms with Crippen LogP contribution in [0.1, 0.15) is 258 Å². The fraction of sp³-hybridized carbons (Fsp3) is 0.847. The van der Waals surface area contributed by atoms with Gasteiger partial charge in [-0.25, -0.2) is 0 Å². The van der Waals surface area contributed by atoms with Gasteiger partial charge in [-0.05, 0) is 57.8 Å². The van der Waals surface area contributed by atoms with E-state index in [9.17, 15) is 61.0 Å². The first-order valence-corrected chi connectivity index (χ1v) is 36.0. The molecule has 0 aromatic rings. The highest BCUT2D eigenvalue weighted by atomic mass is 16.8. The fourth-order valence-electron chi connectivity index (χ4n) is 12.0. The molecule has 17 atom stereocenters. The van der Waals surface area contributed by atoms with Crippen molar-refractivity contribution in [3.8, 4) is 0 Å². The molecule has 3 heterocycles. The summed E-state index contributed by atoms with van der Waals surface area (Å²) in [6, 6.07) is -0.998. The van der Waals surface area contributed by atoms with Crippen LogP contribution in [0.5, 0.6) is 0 Å². The summed E-state index contributed by atoms with van der Waals surface area (Å²) in [6.07, 6.45) is 39.4. The predicted molar refractivity (Wildman–Crippen MR) is 355 cm³/mol. The zero-order chi connectivity index (χ0) is 66.1. The number of allylic oxidation sites excluding steroid dienone is 9. The molecule has 1 amide bonds. The molecule has 3 aliphatic heterocycles. The summed E-state index contributed by atoms with van der Waals surface area (Å²) in [5.74, 6) is -0.316. The molecule has 19 heteroatoms. The molecule has 0 saturated carbocycles. The summed E-state index contributed by atoms with van der Waals surface area (Å²) >= 11 is 0. The van der Waals surface area contributed by atoms with E-state index in [2.05, 4.69) is 67.8 Å². The van der Waals surface area contributed by atoms with Gasteiger partial charge in [0.1, 0.15) is 73.2 Å². The molecule has 19 nitrogen and oxygen atoms in total. The molecule has 3 aliphatic rings. The van der Waals surface area contributed by atoms with Gasteiger partial charge in [0.2, 0.25) is 5.91 Å². The summed E-state index contributed by atoms with van der Waals surface area (Å²) < 4.78 is 34.3. The van der Waals surface area contributed by atoms with Gasteiger partial charge in [0.05, 0.1) is 38.6 Å². The van der Waals surface area contributed by atoms with Crippen molar-refractivity contribution < 1.29 is 89.4 Å². The minimum Gasteiger partial charge on any atom is -0.394 e. The van der Waals surface area contributed by atoms with E-state index in [1.165, 1.54) is 167 Å².